The van der Waals surface area contributed by atoms with Gasteiger partial charge in [-0.05, 0) is 39.8 Å². The molecule has 1 rings (SSSR count). The van der Waals surface area contributed by atoms with Gasteiger partial charge in [0.05, 0.1) is 24.0 Å². The average molecular weight is 252 g/mol. The van der Waals surface area contributed by atoms with Crippen LogP contribution in [0.3, 0.4) is 0 Å². The normalized spacial score (nSPS) is 15.4. The van der Waals surface area contributed by atoms with E-state index in [0.717, 1.165) is 5.69 Å². The Balaban J connectivity index is 2.28. The lowest BCUT2D eigenvalue weighted by molar-refractivity contribution is -0.0483. The fourth-order valence-corrected chi connectivity index (χ4v) is 1.45. The second-order valence-electron chi connectivity index (χ2n) is 5.46. The molecule has 0 aliphatic rings. The molecule has 1 aromatic heterocycles. The van der Waals surface area contributed by atoms with Crippen molar-refractivity contribution >= 4 is 0 Å². The number of nitrogens with zero attached hydrogens (tertiary/aromatic N) is 1. The first kappa shape index (κ1) is 15.1. The quantitative estimate of drug-likeness (QED) is 0.812. The zero-order valence-corrected chi connectivity index (χ0v) is 11.7. The van der Waals surface area contributed by atoms with Crippen molar-refractivity contribution < 1.29 is 9.84 Å². The van der Waals surface area contributed by atoms with Crippen LogP contribution in [0.4, 0.5) is 0 Å². The molecule has 2 atom stereocenters. The van der Waals surface area contributed by atoms with Crippen LogP contribution in [0.15, 0.2) is 24.4 Å². The van der Waals surface area contributed by atoms with Gasteiger partial charge in [0, 0.05) is 18.8 Å². The number of aliphatic hydroxyl groups excluding tert-OH is 1. The van der Waals surface area contributed by atoms with Crippen LogP contribution in [0.5, 0.6) is 0 Å². The molecule has 0 amide bonds. The van der Waals surface area contributed by atoms with Crippen LogP contribution in [-0.2, 0) is 4.74 Å². The minimum atomic E-state index is -0.504. The van der Waals surface area contributed by atoms with Crippen molar-refractivity contribution in [2.75, 3.05) is 13.2 Å². The van der Waals surface area contributed by atoms with Crippen LogP contribution in [0.2, 0.25) is 0 Å². The highest BCUT2D eigenvalue weighted by Gasteiger charge is 2.14. The second kappa shape index (κ2) is 6.83. The van der Waals surface area contributed by atoms with Gasteiger partial charge in [0.25, 0.3) is 0 Å². The second-order valence-corrected chi connectivity index (χ2v) is 5.46. The van der Waals surface area contributed by atoms with Crippen molar-refractivity contribution in [3.05, 3.63) is 30.1 Å². The monoisotopic (exact) mass is 252 g/mol. The van der Waals surface area contributed by atoms with Crippen molar-refractivity contribution in [3.63, 3.8) is 0 Å². The summed E-state index contributed by atoms with van der Waals surface area (Å²) in [5.41, 5.74) is 0.759. The number of aliphatic hydroxyl groups is 1. The number of aromatic nitrogens is 1. The van der Waals surface area contributed by atoms with Crippen LogP contribution in [0.1, 0.15) is 39.4 Å². The third kappa shape index (κ3) is 6.10. The van der Waals surface area contributed by atoms with E-state index in [0.29, 0.717) is 13.2 Å². The zero-order valence-electron chi connectivity index (χ0n) is 11.7. The van der Waals surface area contributed by atoms with Gasteiger partial charge in [-0.25, -0.2) is 0 Å². The Kier molecular flexibility index (Phi) is 5.72. The molecular weight excluding hydrogens is 228 g/mol. The van der Waals surface area contributed by atoms with Crippen LogP contribution >= 0.6 is 0 Å². The summed E-state index contributed by atoms with van der Waals surface area (Å²) in [5, 5.41) is 13.0. The topological polar surface area (TPSA) is 54.4 Å². The number of hydrogen-bond donors (Lipinski definition) is 2. The van der Waals surface area contributed by atoms with Crippen LogP contribution < -0.4 is 5.32 Å². The molecule has 4 heteroatoms. The fraction of sp³-hybridized carbons (Fsp3) is 0.643. The molecule has 2 N–H and O–H groups in total. The predicted octanol–water partition coefficient (Wildman–Crippen LogP) is 1.91. The summed E-state index contributed by atoms with van der Waals surface area (Å²) in [4.78, 5) is 4.27. The van der Waals surface area contributed by atoms with E-state index in [4.69, 9.17) is 4.74 Å². The van der Waals surface area contributed by atoms with Crippen molar-refractivity contribution in [3.8, 4) is 0 Å². The Morgan fingerprint density at radius 1 is 1.39 bits per heavy atom. The molecule has 1 aromatic rings. The van der Waals surface area contributed by atoms with Crippen molar-refractivity contribution in [1.82, 2.24) is 10.3 Å². The first-order valence-corrected chi connectivity index (χ1v) is 6.35. The summed E-state index contributed by atoms with van der Waals surface area (Å²) in [6.07, 6.45) is 1.27. The van der Waals surface area contributed by atoms with Gasteiger partial charge < -0.3 is 15.2 Å². The van der Waals surface area contributed by atoms with Gasteiger partial charge in [0.2, 0.25) is 0 Å². The number of hydrogen-bond acceptors (Lipinski definition) is 4. The van der Waals surface area contributed by atoms with Crippen LogP contribution in [0, 0.1) is 0 Å². The highest BCUT2D eigenvalue weighted by Crippen LogP contribution is 2.09. The maximum Gasteiger partial charge on any atom is 0.0898 e. The summed E-state index contributed by atoms with van der Waals surface area (Å²) in [6, 6.07) is 5.94. The lowest BCUT2D eigenvalue weighted by atomic mass is 10.2. The predicted molar refractivity (Wildman–Crippen MR) is 72.4 cm³/mol. The first-order valence-electron chi connectivity index (χ1n) is 6.35. The van der Waals surface area contributed by atoms with E-state index >= 15 is 0 Å². The maximum atomic E-state index is 9.80. The van der Waals surface area contributed by atoms with E-state index in [9.17, 15) is 5.11 Å². The lowest BCUT2D eigenvalue weighted by Crippen LogP contribution is -2.35. The molecule has 0 bridgehead atoms. The first-order chi connectivity index (χ1) is 8.38. The summed E-state index contributed by atoms with van der Waals surface area (Å²) >= 11 is 0. The molecule has 102 valence electrons. The SMILES string of the molecule is CC(NCC(O)COC(C)(C)C)c1ccccn1. The molecule has 0 aromatic carbocycles. The fourth-order valence-electron chi connectivity index (χ4n) is 1.45. The van der Waals surface area contributed by atoms with Crippen molar-refractivity contribution in [1.29, 1.82) is 0 Å². The van der Waals surface area contributed by atoms with Crippen LogP contribution in [-0.4, -0.2) is 34.9 Å². The van der Waals surface area contributed by atoms with Gasteiger partial charge in [-0.2, -0.15) is 0 Å². The smallest absolute Gasteiger partial charge is 0.0898 e. The highest BCUT2D eigenvalue weighted by molar-refractivity contribution is 5.07. The molecule has 0 saturated heterocycles. The van der Waals surface area contributed by atoms with Gasteiger partial charge in [-0.1, -0.05) is 6.07 Å². The number of rotatable bonds is 6. The largest absolute Gasteiger partial charge is 0.389 e. The average Bonchev–Trinajstić information content (AvgIpc) is 2.33. The van der Waals surface area contributed by atoms with Crippen molar-refractivity contribution in [2.45, 2.75) is 45.4 Å². The highest BCUT2D eigenvalue weighted by atomic mass is 16.5. The minimum absolute atomic E-state index is 0.121. The Morgan fingerprint density at radius 2 is 2.11 bits per heavy atom. The maximum absolute atomic E-state index is 9.80. The number of nitrogens with one attached hydrogen (secondary N) is 1. The molecule has 1 heterocycles. The van der Waals surface area contributed by atoms with Gasteiger partial charge in [-0.3, -0.25) is 4.98 Å². The van der Waals surface area contributed by atoms with E-state index < -0.39 is 6.10 Å². The van der Waals surface area contributed by atoms with E-state index in [2.05, 4.69) is 10.3 Å². The Bertz CT molecular complexity index is 335. The summed E-state index contributed by atoms with van der Waals surface area (Å²) < 4.78 is 5.52. The summed E-state index contributed by atoms with van der Waals surface area (Å²) in [6.45, 7) is 8.79. The molecule has 0 radical (unpaired) electrons. The summed E-state index contributed by atoms with van der Waals surface area (Å²) in [5.74, 6) is 0. The third-order valence-corrected chi connectivity index (χ3v) is 2.50. The van der Waals surface area contributed by atoms with Gasteiger partial charge in [0.15, 0.2) is 0 Å². The van der Waals surface area contributed by atoms with E-state index in [1.165, 1.54) is 0 Å². The van der Waals surface area contributed by atoms with Gasteiger partial charge >= 0.3 is 0 Å². The zero-order chi connectivity index (χ0) is 13.6. The van der Waals surface area contributed by atoms with E-state index in [1.54, 1.807) is 6.20 Å². The summed E-state index contributed by atoms with van der Waals surface area (Å²) in [7, 11) is 0. The van der Waals surface area contributed by atoms with E-state index in [1.807, 2.05) is 45.9 Å². The Morgan fingerprint density at radius 3 is 2.67 bits per heavy atom. The molecule has 2 unspecified atom stereocenters. The molecule has 0 fully saturated rings. The Labute approximate surface area is 109 Å². The van der Waals surface area contributed by atoms with Gasteiger partial charge in [0.1, 0.15) is 0 Å². The molecule has 0 aliphatic heterocycles. The molecule has 0 aliphatic carbocycles. The lowest BCUT2D eigenvalue weighted by Gasteiger charge is -2.23. The molecule has 0 spiro atoms. The standard InChI is InChI=1S/C14H24N2O2/c1-11(13-7-5-6-8-15-13)16-9-12(17)10-18-14(2,3)4/h5-8,11-12,16-17H,9-10H2,1-4H3. The molecule has 4 nitrogen and oxygen atoms in total. The number of pyridine rings is 1. The van der Waals surface area contributed by atoms with Gasteiger partial charge in [-0.15, -0.1) is 0 Å². The molecular formula is C14H24N2O2. The minimum Gasteiger partial charge on any atom is -0.389 e. The number of ether oxygens (including phenoxy) is 1. The molecule has 0 saturated carbocycles. The molecule has 18 heavy (non-hydrogen) atoms. The Hall–Kier alpha value is -0.970. The third-order valence-electron chi connectivity index (χ3n) is 2.50. The van der Waals surface area contributed by atoms with Crippen LogP contribution in [0.25, 0.3) is 0 Å². The van der Waals surface area contributed by atoms with Crippen molar-refractivity contribution in [2.24, 2.45) is 0 Å². The van der Waals surface area contributed by atoms with E-state index in [-0.39, 0.29) is 11.6 Å².